The highest BCUT2D eigenvalue weighted by atomic mass is 32.2. The van der Waals surface area contributed by atoms with Gasteiger partial charge in [-0.2, -0.15) is 5.26 Å². The van der Waals surface area contributed by atoms with Crippen molar-refractivity contribution in [3.05, 3.63) is 22.4 Å². The molecule has 1 aliphatic heterocycles. The maximum atomic E-state index is 12.0. The zero-order valence-corrected chi connectivity index (χ0v) is 13.0. The predicted molar refractivity (Wildman–Crippen MR) is 79.7 cm³/mol. The molecule has 0 saturated carbocycles. The van der Waals surface area contributed by atoms with E-state index >= 15 is 0 Å². The van der Waals surface area contributed by atoms with Gasteiger partial charge in [0.15, 0.2) is 0 Å². The Kier molecular flexibility index (Phi) is 4.66. The molecule has 0 unspecified atom stereocenters. The smallest absolute Gasteiger partial charge is 0.232 e. The van der Waals surface area contributed by atoms with Crippen LogP contribution in [0.15, 0.2) is 5.03 Å². The van der Waals surface area contributed by atoms with Crippen LogP contribution in [0.2, 0.25) is 0 Å². The van der Waals surface area contributed by atoms with Crippen molar-refractivity contribution in [2.45, 2.75) is 38.6 Å². The second-order valence-electron chi connectivity index (χ2n) is 5.12. The highest BCUT2D eigenvalue weighted by Gasteiger charge is 2.19. The Morgan fingerprint density at radius 2 is 1.95 bits per heavy atom. The summed E-state index contributed by atoms with van der Waals surface area (Å²) in [7, 11) is 0. The quantitative estimate of drug-likeness (QED) is 0.803. The van der Waals surface area contributed by atoms with Crippen LogP contribution in [0.1, 0.15) is 35.2 Å². The summed E-state index contributed by atoms with van der Waals surface area (Å²) in [6, 6.07) is 2.22. The molecule has 0 N–H and O–H groups in total. The van der Waals surface area contributed by atoms with Crippen LogP contribution in [0.3, 0.4) is 0 Å². The number of carbonyl (C=O) groups is 1. The summed E-state index contributed by atoms with van der Waals surface area (Å²) in [5.41, 5.74) is 3.55. The third-order valence-corrected chi connectivity index (χ3v) is 4.83. The number of nitrogens with zero attached hydrogens (tertiary/aromatic N) is 3. The van der Waals surface area contributed by atoms with E-state index in [9.17, 15) is 10.1 Å². The van der Waals surface area contributed by atoms with Gasteiger partial charge in [0, 0.05) is 18.8 Å². The molecular formula is C15H19N3OS. The van der Waals surface area contributed by atoms with Crippen molar-refractivity contribution in [2.24, 2.45) is 0 Å². The van der Waals surface area contributed by atoms with Crippen LogP contribution in [0.4, 0.5) is 0 Å². The van der Waals surface area contributed by atoms with Crippen molar-refractivity contribution >= 4 is 17.7 Å². The van der Waals surface area contributed by atoms with Crippen LogP contribution in [-0.2, 0) is 4.79 Å². The minimum absolute atomic E-state index is 0.147. The van der Waals surface area contributed by atoms with E-state index in [4.69, 9.17) is 0 Å². The van der Waals surface area contributed by atoms with E-state index < -0.39 is 0 Å². The van der Waals surface area contributed by atoms with Crippen LogP contribution in [0, 0.1) is 32.1 Å². The average Bonchev–Trinajstić information content (AvgIpc) is 2.96. The van der Waals surface area contributed by atoms with E-state index in [0.717, 1.165) is 42.8 Å². The van der Waals surface area contributed by atoms with Gasteiger partial charge < -0.3 is 4.90 Å². The van der Waals surface area contributed by atoms with Crippen molar-refractivity contribution in [3.63, 3.8) is 0 Å². The van der Waals surface area contributed by atoms with Crippen LogP contribution < -0.4 is 0 Å². The predicted octanol–water partition coefficient (Wildman–Crippen LogP) is 2.59. The van der Waals surface area contributed by atoms with Crippen molar-refractivity contribution in [3.8, 4) is 6.07 Å². The summed E-state index contributed by atoms with van der Waals surface area (Å²) >= 11 is 1.38. The Morgan fingerprint density at radius 1 is 1.30 bits per heavy atom. The first-order valence-electron chi connectivity index (χ1n) is 6.83. The Balaban J connectivity index is 2.13. The fourth-order valence-electron chi connectivity index (χ4n) is 2.34. The van der Waals surface area contributed by atoms with Crippen molar-refractivity contribution in [1.29, 1.82) is 5.26 Å². The topological polar surface area (TPSA) is 57.0 Å². The summed E-state index contributed by atoms with van der Waals surface area (Å²) in [5.74, 6) is 0.512. The SMILES string of the molecule is Cc1nc(SCC(=O)N2CCCC2)c(C#N)c(C)c1C. The average molecular weight is 289 g/mol. The summed E-state index contributed by atoms with van der Waals surface area (Å²) in [5, 5.41) is 9.97. The van der Waals surface area contributed by atoms with Gasteiger partial charge in [-0.25, -0.2) is 4.98 Å². The lowest BCUT2D eigenvalue weighted by atomic mass is 10.1. The fraction of sp³-hybridized carbons (Fsp3) is 0.533. The minimum Gasteiger partial charge on any atom is -0.342 e. The van der Waals surface area contributed by atoms with Gasteiger partial charge >= 0.3 is 0 Å². The second-order valence-corrected chi connectivity index (χ2v) is 6.08. The molecule has 2 rings (SSSR count). The van der Waals surface area contributed by atoms with Gasteiger partial charge in [0.1, 0.15) is 11.1 Å². The molecule has 20 heavy (non-hydrogen) atoms. The van der Waals surface area contributed by atoms with E-state index in [1.807, 2.05) is 25.7 Å². The van der Waals surface area contributed by atoms with Crippen molar-refractivity contribution in [2.75, 3.05) is 18.8 Å². The van der Waals surface area contributed by atoms with E-state index in [2.05, 4.69) is 11.1 Å². The molecule has 1 aromatic rings. The monoisotopic (exact) mass is 289 g/mol. The molecule has 1 saturated heterocycles. The molecule has 2 heterocycles. The number of rotatable bonds is 3. The summed E-state index contributed by atoms with van der Waals surface area (Å²) in [6.45, 7) is 7.58. The van der Waals surface area contributed by atoms with Gasteiger partial charge in [0.05, 0.1) is 11.3 Å². The molecule has 1 aromatic heterocycles. The summed E-state index contributed by atoms with van der Waals surface area (Å²) in [6.07, 6.45) is 2.20. The number of carbonyl (C=O) groups excluding carboxylic acids is 1. The third kappa shape index (κ3) is 2.96. The van der Waals surface area contributed by atoms with Crippen LogP contribution in [-0.4, -0.2) is 34.6 Å². The highest BCUT2D eigenvalue weighted by Crippen LogP contribution is 2.26. The van der Waals surface area contributed by atoms with Crippen molar-refractivity contribution in [1.82, 2.24) is 9.88 Å². The largest absolute Gasteiger partial charge is 0.342 e. The van der Waals surface area contributed by atoms with Gasteiger partial charge in [-0.3, -0.25) is 4.79 Å². The minimum atomic E-state index is 0.147. The molecule has 1 amide bonds. The first kappa shape index (κ1) is 14.9. The number of thioether (sulfide) groups is 1. The molecule has 0 atom stereocenters. The number of hydrogen-bond acceptors (Lipinski definition) is 4. The van der Waals surface area contributed by atoms with Gasteiger partial charge in [-0.15, -0.1) is 0 Å². The molecule has 0 aromatic carbocycles. The Hall–Kier alpha value is -1.54. The van der Waals surface area contributed by atoms with Gasteiger partial charge in [-0.05, 0) is 44.7 Å². The first-order valence-corrected chi connectivity index (χ1v) is 7.81. The number of aryl methyl sites for hydroxylation is 1. The molecule has 0 bridgehead atoms. The Bertz CT molecular complexity index is 571. The third-order valence-electron chi connectivity index (χ3n) is 3.87. The number of aromatic nitrogens is 1. The highest BCUT2D eigenvalue weighted by molar-refractivity contribution is 8.00. The zero-order valence-electron chi connectivity index (χ0n) is 12.2. The molecule has 4 nitrogen and oxygen atoms in total. The molecule has 0 aliphatic carbocycles. The lowest BCUT2D eigenvalue weighted by Crippen LogP contribution is -2.29. The van der Waals surface area contributed by atoms with Crippen LogP contribution >= 0.6 is 11.8 Å². The number of hydrogen-bond donors (Lipinski definition) is 0. The molecule has 0 spiro atoms. The van der Waals surface area contributed by atoms with Gasteiger partial charge in [0.25, 0.3) is 0 Å². The normalized spacial score (nSPS) is 14.4. The molecule has 0 radical (unpaired) electrons. The maximum Gasteiger partial charge on any atom is 0.232 e. The molecule has 1 fully saturated rings. The summed E-state index contributed by atoms with van der Waals surface area (Å²) in [4.78, 5) is 18.4. The zero-order chi connectivity index (χ0) is 14.7. The number of amides is 1. The maximum absolute atomic E-state index is 12.0. The lowest BCUT2D eigenvalue weighted by molar-refractivity contribution is -0.127. The first-order chi connectivity index (χ1) is 9.54. The number of likely N-dealkylation sites (tertiary alicyclic amines) is 1. The molecule has 1 aliphatic rings. The van der Waals surface area contributed by atoms with E-state index in [1.54, 1.807) is 0 Å². The molecular weight excluding hydrogens is 270 g/mol. The number of pyridine rings is 1. The summed E-state index contributed by atoms with van der Waals surface area (Å²) < 4.78 is 0. The fourth-order valence-corrected chi connectivity index (χ4v) is 3.32. The standard InChI is InChI=1S/C15H19N3OS/c1-10-11(2)13(8-16)15(17-12(10)3)20-9-14(19)18-6-4-5-7-18/h4-7,9H2,1-3H3. The van der Waals surface area contributed by atoms with E-state index in [0.29, 0.717) is 16.3 Å². The van der Waals surface area contributed by atoms with Gasteiger partial charge in [-0.1, -0.05) is 11.8 Å². The van der Waals surface area contributed by atoms with Gasteiger partial charge in [0.2, 0.25) is 5.91 Å². The number of nitriles is 1. The van der Waals surface area contributed by atoms with E-state index in [-0.39, 0.29) is 5.91 Å². The van der Waals surface area contributed by atoms with E-state index in [1.165, 1.54) is 11.8 Å². The second kappa shape index (κ2) is 6.27. The van der Waals surface area contributed by atoms with Crippen LogP contribution in [0.25, 0.3) is 0 Å². The van der Waals surface area contributed by atoms with Crippen LogP contribution in [0.5, 0.6) is 0 Å². The van der Waals surface area contributed by atoms with Crippen molar-refractivity contribution < 1.29 is 4.79 Å². The molecule has 106 valence electrons. The molecule has 5 heteroatoms. The lowest BCUT2D eigenvalue weighted by Gasteiger charge is -2.15. The Labute approximate surface area is 124 Å². The Morgan fingerprint density at radius 3 is 2.55 bits per heavy atom.